The second-order valence-electron chi connectivity index (χ2n) is 2.96. The smallest absolute Gasteiger partial charge is 0.357 e. The van der Waals surface area contributed by atoms with Crippen molar-refractivity contribution in [2.24, 2.45) is 4.76 Å². The zero-order valence-corrected chi connectivity index (χ0v) is 12.4. The van der Waals surface area contributed by atoms with Crippen molar-refractivity contribution in [1.29, 1.82) is 0 Å². The molecule has 0 aromatic heterocycles. The molecule has 4 nitrogen and oxygen atoms in total. The average Bonchev–Trinajstić information content (AvgIpc) is 2.23. The maximum absolute atomic E-state index is 11.9. The fraction of sp³-hybridized carbons (Fsp3) is 0.875. The summed E-state index contributed by atoms with van der Waals surface area (Å²) in [6.45, 7) is -0.787. The third-order valence-corrected chi connectivity index (χ3v) is 6.38. The van der Waals surface area contributed by atoms with Crippen LogP contribution in [0.2, 0.25) is 0 Å². The van der Waals surface area contributed by atoms with Crippen LogP contribution >= 0.6 is 29.9 Å². The van der Waals surface area contributed by atoms with Gasteiger partial charge in [0, 0.05) is 27.0 Å². The molecule has 0 aliphatic carbocycles. The van der Waals surface area contributed by atoms with Crippen molar-refractivity contribution in [3.8, 4) is 0 Å². The molecule has 15 heavy (non-hydrogen) atoms. The molecular weight excluding hydrogens is 251 g/mol. The van der Waals surface area contributed by atoms with Gasteiger partial charge in [0.1, 0.15) is 0 Å². The Balaban J connectivity index is 4.73. The lowest BCUT2D eigenvalue weighted by Gasteiger charge is -2.17. The number of rotatable bonds is 5. The van der Waals surface area contributed by atoms with Crippen LogP contribution in [0.4, 0.5) is 0 Å². The van der Waals surface area contributed by atoms with Gasteiger partial charge in [-0.25, -0.2) is 0 Å². The summed E-state index contributed by atoms with van der Waals surface area (Å²) in [7, 11) is 5.21. The van der Waals surface area contributed by atoms with Gasteiger partial charge in [-0.2, -0.15) is 4.76 Å². The molecule has 0 aromatic carbocycles. The molecular formula is C8H19N2O2PS2. The van der Waals surface area contributed by atoms with Crippen LogP contribution in [0, 0.1) is 0 Å². The highest BCUT2D eigenvalue weighted by molar-refractivity contribution is 8.56. The Morgan fingerprint density at radius 1 is 1.53 bits per heavy atom. The van der Waals surface area contributed by atoms with E-state index in [-0.39, 0.29) is 0 Å². The summed E-state index contributed by atoms with van der Waals surface area (Å²) in [5, 5.41) is 0.761. The van der Waals surface area contributed by atoms with Gasteiger partial charge >= 0.3 is 6.72 Å². The van der Waals surface area contributed by atoms with E-state index in [1.807, 2.05) is 19.0 Å². The Bertz CT molecular complexity index is 251. The largest absolute Gasteiger partial charge is 0.373 e. The number of hydrogen-bond donors (Lipinski definition) is 0. The first-order valence-electron chi connectivity index (χ1n) is 4.61. The Morgan fingerprint density at radius 2 is 2.13 bits per heavy atom. The van der Waals surface area contributed by atoms with Gasteiger partial charge in [0.05, 0.1) is 0 Å². The van der Waals surface area contributed by atoms with E-state index in [1.165, 1.54) is 7.11 Å². The van der Waals surface area contributed by atoms with Crippen molar-refractivity contribution in [3.63, 3.8) is 0 Å². The third kappa shape index (κ3) is 5.85. The standard InChI is InChI=1S/C8H19N2O2PS2/c1-6-7-15-8(10(2)3)9-13(11,12-4)14-5/h6-7H2,1-5H3. The van der Waals surface area contributed by atoms with E-state index in [1.54, 1.807) is 18.0 Å². The van der Waals surface area contributed by atoms with Gasteiger partial charge in [0.15, 0.2) is 5.17 Å². The van der Waals surface area contributed by atoms with Gasteiger partial charge in [-0.1, -0.05) is 18.7 Å². The van der Waals surface area contributed by atoms with E-state index < -0.39 is 6.72 Å². The molecule has 1 unspecified atom stereocenters. The maximum Gasteiger partial charge on any atom is 0.373 e. The van der Waals surface area contributed by atoms with Crippen LogP contribution in [0.3, 0.4) is 0 Å². The fourth-order valence-electron chi connectivity index (χ4n) is 0.702. The Morgan fingerprint density at radius 3 is 2.47 bits per heavy atom. The van der Waals surface area contributed by atoms with Crippen LogP contribution in [0.5, 0.6) is 0 Å². The van der Waals surface area contributed by atoms with Gasteiger partial charge in [0.2, 0.25) is 0 Å². The highest BCUT2D eigenvalue weighted by Gasteiger charge is 2.20. The minimum absolute atomic E-state index is 0.761. The van der Waals surface area contributed by atoms with E-state index >= 15 is 0 Å². The van der Waals surface area contributed by atoms with Crippen LogP contribution in [0.1, 0.15) is 13.3 Å². The summed E-state index contributed by atoms with van der Waals surface area (Å²) < 4.78 is 21.1. The maximum atomic E-state index is 11.9. The molecule has 0 aliphatic heterocycles. The summed E-state index contributed by atoms with van der Waals surface area (Å²) in [4.78, 5) is 1.86. The second-order valence-corrected chi connectivity index (χ2v) is 8.37. The van der Waals surface area contributed by atoms with Crippen molar-refractivity contribution in [1.82, 2.24) is 4.90 Å². The summed E-state index contributed by atoms with van der Waals surface area (Å²) in [6, 6.07) is 0. The van der Waals surface area contributed by atoms with E-state index in [0.717, 1.165) is 28.7 Å². The molecule has 0 saturated carbocycles. The Kier molecular flexibility index (Phi) is 7.79. The first kappa shape index (κ1) is 15.4. The predicted molar refractivity (Wildman–Crippen MR) is 72.0 cm³/mol. The molecule has 0 heterocycles. The SMILES string of the molecule is CCCSC(=NP(=O)(OC)SC)N(C)C. The second kappa shape index (κ2) is 7.60. The van der Waals surface area contributed by atoms with Crippen molar-refractivity contribution in [2.45, 2.75) is 13.3 Å². The van der Waals surface area contributed by atoms with Crippen molar-refractivity contribution >= 4 is 35.0 Å². The topological polar surface area (TPSA) is 41.9 Å². The van der Waals surface area contributed by atoms with E-state index in [0.29, 0.717) is 0 Å². The lowest BCUT2D eigenvalue weighted by Crippen LogP contribution is -2.19. The predicted octanol–water partition coefficient (Wildman–Crippen LogP) is 3.16. The number of amidine groups is 1. The summed E-state index contributed by atoms with van der Waals surface area (Å²) in [5.74, 6) is 0.967. The van der Waals surface area contributed by atoms with Crippen LogP contribution in [-0.4, -0.2) is 43.3 Å². The minimum Gasteiger partial charge on any atom is -0.357 e. The molecule has 0 spiro atoms. The van der Waals surface area contributed by atoms with E-state index in [9.17, 15) is 4.57 Å². The lowest BCUT2D eigenvalue weighted by atomic mass is 10.6. The lowest BCUT2D eigenvalue weighted by molar-refractivity contribution is 0.410. The van der Waals surface area contributed by atoms with Gasteiger partial charge in [-0.15, -0.1) is 0 Å². The Labute approximate surface area is 100 Å². The monoisotopic (exact) mass is 270 g/mol. The molecule has 0 bridgehead atoms. The Hall–Kier alpha value is 0.360. The quantitative estimate of drug-likeness (QED) is 0.436. The van der Waals surface area contributed by atoms with Crippen molar-refractivity contribution in [3.05, 3.63) is 0 Å². The first-order chi connectivity index (χ1) is 6.99. The molecule has 1 atom stereocenters. The molecule has 90 valence electrons. The zero-order chi connectivity index (χ0) is 11.9. The van der Waals surface area contributed by atoms with Crippen molar-refractivity contribution < 1.29 is 9.09 Å². The van der Waals surface area contributed by atoms with E-state index in [2.05, 4.69) is 11.7 Å². The van der Waals surface area contributed by atoms with Crippen LogP contribution in [-0.2, 0) is 9.09 Å². The van der Waals surface area contributed by atoms with Crippen LogP contribution in [0.15, 0.2) is 4.76 Å². The summed E-state index contributed by atoms with van der Waals surface area (Å²) in [5.41, 5.74) is 0. The molecule has 0 N–H and O–H groups in total. The number of hydrogen-bond acceptors (Lipinski definition) is 4. The van der Waals surface area contributed by atoms with Gasteiger partial charge in [-0.3, -0.25) is 4.57 Å². The van der Waals surface area contributed by atoms with Gasteiger partial charge in [0.25, 0.3) is 0 Å². The highest BCUT2D eigenvalue weighted by Crippen LogP contribution is 2.59. The molecule has 0 saturated heterocycles. The molecule has 0 aliphatic rings. The summed E-state index contributed by atoms with van der Waals surface area (Å²) in [6.07, 6.45) is 2.81. The number of thioether (sulfide) groups is 1. The van der Waals surface area contributed by atoms with Crippen LogP contribution in [0.25, 0.3) is 0 Å². The van der Waals surface area contributed by atoms with Gasteiger partial charge in [-0.05, 0) is 24.1 Å². The normalized spacial score (nSPS) is 16.2. The zero-order valence-electron chi connectivity index (χ0n) is 9.89. The third-order valence-electron chi connectivity index (χ3n) is 1.49. The number of nitrogens with zero attached hydrogens (tertiary/aromatic N) is 2. The fourth-order valence-corrected chi connectivity index (χ4v) is 3.68. The van der Waals surface area contributed by atoms with Gasteiger partial charge < -0.3 is 9.42 Å². The molecule has 0 fully saturated rings. The molecule has 0 radical (unpaired) electrons. The highest BCUT2D eigenvalue weighted by atomic mass is 32.7. The minimum atomic E-state index is -2.89. The molecule has 0 aromatic rings. The molecule has 0 amide bonds. The molecule has 0 rings (SSSR count). The molecule has 7 heteroatoms. The summed E-state index contributed by atoms with van der Waals surface area (Å²) >= 11 is 2.75. The van der Waals surface area contributed by atoms with Crippen LogP contribution < -0.4 is 0 Å². The van der Waals surface area contributed by atoms with E-state index in [4.69, 9.17) is 4.52 Å². The average molecular weight is 270 g/mol. The first-order valence-corrected chi connectivity index (χ1v) is 9.00. The van der Waals surface area contributed by atoms with Crippen molar-refractivity contribution in [2.75, 3.05) is 33.2 Å².